The lowest BCUT2D eigenvalue weighted by atomic mass is 10.0. The third-order valence-electron chi connectivity index (χ3n) is 6.57. The van der Waals surface area contributed by atoms with Crippen LogP contribution in [-0.4, -0.2) is 45.5 Å². The molecule has 1 saturated heterocycles. The molecule has 0 aliphatic carbocycles. The second-order valence-corrected chi connectivity index (χ2v) is 9.32. The van der Waals surface area contributed by atoms with Crippen LogP contribution in [0.1, 0.15) is 56.1 Å². The Labute approximate surface area is 201 Å². The summed E-state index contributed by atoms with van der Waals surface area (Å²) in [4.78, 5) is 32.6. The molecule has 7 nitrogen and oxygen atoms in total. The predicted octanol–water partition coefficient (Wildman–Crippen LogP) is 4.31. The van der Waals surface area contributed by atoms with Crippen LogP contribution in [0.5, 0.6) is 5.75 Å². The van der Waals surface area contributed by atoms with E-state index in [4.69, 9.17) is 9.72 Å². The number of likely N-dealkylation sites (tertiary alicyclic amines) is 1. The third-order valence-corrected chi connectivity index (χ3v) is 6.57. The van der Waals surface area contributed by atoms with Crippen LogP contribution in [0, 0.1) is 13.8 Å². The quantitative estimate of drug-likeness (QED) is 0.568. The lowest BCUT2D eigenvalue weighted by Gasteiger charge is -2.33. The largest absolute Gasteiger partial charge is 0.483 e. The Bertz CT molecular complexity index is 1190. The molecule has 7 heteroatoms. The standard InChI is InChI=1S/C27H34N4O3/c1-18-12-13-19(2)24(15-18)34-17-25(32)28-21(4)27-29-22-10-5-6-11-23(22)31(27)16-26(33)30-14-8-7-9-20(30)3/h5-6,10-13,15,20-21H,7-9,14,16-17H2,1-4H3,(H,28,32). The summed E-state index contributed by atoms with van der Waals surface area (Å²) in [5, 5.41) is 2.99. The smallest absolute Gasteiger partial charge is 0.258 e. The summed E-state index contributed by atoms with van der Waals surface area (Å²) >= 11 is 0. The van der Waals surface area contributed by atoms with Gasteiger partial charge in [-0.1, -0.05) is 24.3 Å². The minimum Gasteiger partial charge on any atom is -0.483 e. The minimum absolute atomic E-state index is 0.0842. The molecule has 1 aromatic heterocycles. The molecular weight excluding hydrogens is 428 g/mol. The van der Waals surface area contributed by atoms with Crippen LogP contribution in [0.4, 0.5) is 0 Å². The van der Waals surface area contributed by atoms with Crippen molar-refractivity contribution in [3.8, 4) is 5.75 Å². The SMILES string of the molecule is Cc1ccc(C)c(OCC(=O)NC(C)c2nc3ccccc3n2CC(=O)N2CCCCC2C)c1. The number of para-hydroxylation sites is 2. The van der Waals surface area contributed by atoms with Gasteiger partial charge in [0, 0.05) is 12.6 Å². The first-order chi connectivity index (χ1) is 16.3. The number of aromatic nitrogens is 2. The molecule has 34 heavy (non-hydrogen) atoms. The molecule has 1 fully saturated rings. The molecule has 180 valence electrons. The van der Waals surface area contributed by atoms with Crippen LogP contribution in [0.15, 0.2) is 42.5 Å². The second-order valence-electron chi connectivity index (χ2n) is 9.32. The van der Waals surface area contributed by atoms with Gasteiger partial charge < -0.3 is 19.5 Å². The van der Waals surface area contributed by atoms with Crippen LogP contribution in [0.2, 0.25) is 0 Å². The fourth-order valence-electron chi connectivity index (χ4n) is 4.64. The van der Waals surface area contributed by atoms with E-state index in [0.717, 1.165) is 48.0 Å². The number of imidazole rings is 1. The van der Waals surface area contributed by atoms with Gasteiger partial charge in [0.15, 0.2) is 6.61 Å². The second kappa shape index (κ2) is 10.3. The van der Waals surface area contributed by atoms with E-state index in [-0.39, 0.29) is 37.0 Å². The molecule has 1 N–H and O–H groups in total. The molecule has 0 radical (unpaired) electrons. The highest BCUT2D eigenvalue weighted by Crippen LogP contribution is 2.23. The van der Waals surface area contributed by atoms with E-state index in [1.807, 2.05) is 72.7 Å². The zero-order valence-electron chi connectivity index (χ0n) is 20.5. The fourth-order valence-corrected chi connectivity index (χ4v) is 4.64. The molecule has 1 aliphatic rings. The van der Waals surface area contributed by atoms with Crippen molar-refractivity contribution in [2.24, 2.45) is 0 Å². The summed E-state index contributed by atoms with van der Waals surface area (Å²) in [6, 6.07) is 13.6. The highest BCUT2D eigenvalue weighted by atomic mass is 16.5. The lowest BCUT2D eigenvalue weighted by molar-refractivity contribution is -0.135. The Morgan fingerprint density at radius 1 is 1.18 bits per heavy atom. The maximum atomic E-state index is 13.2. The van der Waals surface area contributed by atoms with Gasteiger partial charge in [0.2, 0.25) is 5.91 Å². The molecule has 0 bridgehead atoms. The molecule has 4 rings (SSSR count). The number of hydrogen-bond donors (Lipinski definition) is 1. The maximum absolute atomic E-state index is 13.2. The van der Waals surface area contributed by atoms with Gasteiger partial charge in [-0.2, -0.15) is 0 Å². The average Bonchev–Trinajstić information content (AvgIpc) is 3.18. The van der Waals surface area contributed by atoms with Crippen molar-refractivity contribution in [3.63, 3.8) is 0 Å². The Balaban J connectivity index is 1.49. The Morgan fingerprint density at radius 3 is 2.76 bits per heavy atom. The van der Waals surface area contributed by atoms with E-state index in [2.05, 4.69) is 12.2 Å². The van der Waals surface area contributed by atoms with Gasteiger partial charge in [-0.15, -0.1) is 0 Å². The van der Waals surface area contributed by atoms with Gasteiger partial charge in [-0.25, -0.2) is 4.98 Å². The van der Waals surface area contributed by atoms with Crippen LogP contribution in [0.3, 0.4) is 0 Å². The fraction of sp³-hybridized carbons (Fsp3) is 0.444. The van der Waals surface area contributed by atoms with Crippen LogP contribution in [-0.2, 0) is 16.1 Å². The third kappa shape index (κ3) is 5.24. The molecule has 2 heterocycles. The molecular formula is C27H34N4O3. The highest BCUT2D eigenvalue weighted by Gasteiger charge is 2.26. The van der Waals surface area contributed by atoms with Gasteiger partial charge in [0.1, 0.15) is 18.1 Å². The van der Waals surface area contributed by atoms with Gasteiger partial charge >= 0.3 is 0 Å². The number of benzene rings is 2. The van der Waals surface area contributed by atoms with Gasteiger partial charge in [0.25, 0.3) is 5.91 Å². The lowest BCUT2D eigenvalue weighted by Crippen LogP contribution is -2.44. The van der Waals surface area contributed by atoms with Gasteiger partial charge in [-0.05, 0) is 76.3 Å². The molecule has 2 atom stereocenters. The average molecular weight is 463 g/mol. The number of fused-ring (bicyclic) bond motifs is 1. The van der Waals surface area contributed by atoms with E-state index in [1.165, 1.54) is 0 Å². The topological polar surface area (TPSA) is 76.5 Å². The first-order valence-corrected chi connectivity index (χ1v) is 12.1. The van der Waals surface area contributed by atoms with E-state index in [0.29, 0.717) is 11.6 Å². The Morgan fingerprint density at radius 2 is 1.97 bits per heavy atom. The predicted molar refractivity (Wildman–Crippen MR) is 133 cm³/mol. The summed E-state index contributed by atoms with van der Waals surface area (Å²) in [5.41, 5.74) is 3.77. The minimum atomic E-state index is -0.381. The summed E-state index contributed by atoms with van der Waals surface area (Å²) in [7, 11) is 0. The van der Waals surface area contributed by atoms with Gasteiger partial charge in [0.05, 0.1) is 17.1 Å². The number of nitrogens with zero attached hydrogens (tertiary/aromatic N) is 3. The van der Waals surface area contributed by atoms with E-state index in [1.54, 1.807) is 0 Å². The highest BCUT2D eigenvalue weighted by molar-refractivity contribution is 5.82. The number of rotatable bonds is 7. The molecule has 0 saturated carbocycles. The van der Waals surface area contributed by atoms with Crippen molar-refractivity contribution in [3.05, 3.63) is 59.4 Å². The van der Waals surface area contributed by atoms with E-state index >= 15 is 0 Å². The van der Waals surface area contributed by atoms with Crippen molar-refractivity contribution < 1.29 is 14.3 Å². The summed E-state index contributed by atoms with van der Waals surface area (Å²) < 4.78 is 7.70. The number of piperidine rings is 1. The Hall–Kier alpha value is -3.35. The summed E-state index contributed by atoms with van der Waals surface area (Å²) in [6.45, 7) is 8.87. The number of ether oxygens (including phenoxy) is 1. The number of carbonyl (C=O) groups excluding carboxylic acids is 2. The molecule has 2 amide bonds. The first kappa shape index (κ1) is 23.8. The van der Waals surface area contributed by atoms with E-state index in [9.17, 15) is 9.59 Å². The molecule has 1 aliphatic heterocycles. The van der Waals surface area contributed by atoms with Crippen molar-refractivity contribution in [2.45, 2.75) is 65.6 Å². The van der Waals surface area contributed by atoms with Crippen molar-refractivity contribution in [1.82, 2.24) is 19.8 Å². The van der Waals surface area contributed by atoms with Crippen LogP contribution >= 0.6 is 0 Å². The van der Waals surface area contributed by atoms with Crippen LogP contribution < -0.4 is 10.1 Å². The number of aryl methyl sites for hydroxylation is 2. The normalized spacial score (nSPS) is 16.9. The Kier molecular flexibility index (Phi) is 7.20. The molecule has 2 aromatic carbocycles. The number of amides is 2. The van der Waals surface area contributed by atoms with Gasteiger partial charge in [-0.3, -0.25) is 9.59 Å². The number of hydrogen-bond acceptors (Lipinski definition) is 4. The zero-order valence-corrected chi connectivity index (χ0v) is 20.5. The number of carbonyl (C=O) groups is 2. The monoisotopic (exact) mass is 462 g/mol. The van der Waals surface area contributed by atoms with Crippen molar-refractivity contribution in [2.75, 3.05) is 13.2 Å². The van der Waals surface area contributed by atoms with Crippen molar-refractivity contribution in [1.29, 1.82) is 0 Å². The zero-order chi connectivity index (χ0) is 24.2. The van der Waals surface area contributed by atoms with Crippen LogP contribution in [0.25, 0.3) is 11.0 Å². The molecule has 3 aromatic rings. The first-order valence-electron chi connectivity index (χ1n) is 12.1. The maximum Gasteiger partial charge on any atom is 0.258 e. The van der Waals surface area contributed by atoms with Crippen molar-refractivity contribution >= 4 is 22.8 Å². The molecule has 0 spiro atoms. The van der Waals surface area contributed by atoms with E-state index < -0.39 is 0 Å². The molecule has 2 unspecified atom stereocenters. The summed E-state index contributed by atoms with van der Waals surface area (Å²) in [6.07, 6.45) is 3.24. The summed E-state index contributed by atoms with van der Waals surface area (Å²) in [5.74, 6) is 1.23. The number of nitrogens with one attached hydrogen (secondary N) is 1.